The number of nitriles is 1. The molecule has 0 saturated heterocycles. The van der Waals surface area contributed by atoms with E-state index in [1.165, 1.54) is 0 Å². The van der Waals surface area contributed by atoms with E-state index in [0.29, 0.717) is 54.0 Å². The van der Waals surface area contributed by atoms with Crippen molar-refractivity contribution in [3.05, 3.63) is 42.0 Å². The van der Waals surface area contributed by atoms with Gasteiger partial charge in [0.05, 0.1) is 37.3 Å². The molecule has 0 aliphatic carbocycles. The predicted octanol–water partition coefficient (Wildman–Crippen LogP) is 3.99. The molecule has 2 aromatic carbocycles. The number of rotatable bonds is 10. The number of hydrogen-bond donors (Lipinski definition) is 2. The summed E-state index contributed by atoms with van der Waals surface area (Å²) in [7, 11) is 0. The third-order valence-corrected chi connectivity index (χ3v) is 3.86. The quantitative estimate of drug-likeness (QED) is 0.612. The number of benzene rings is 2. The Kier molecular flexibility index (Phi) is 8.51. The summed E-state index contributed by atoms with van der Waals surface area (Å²) in [6.45, 7) is 6.73. The largest absolute Gasteiger partial charge is 0.490 e. The van der Waals surface area contributed by atoms with Crippen molar-refractivity contribution in [3.63, 3.8) is 0 Å². The molecule has 8 nitrogen and oxygen atoms in total. The Labute approximate surface area is 175 Å². The first-order valence-corrected chi connectivity index (χ1v) is 9.67. The number of amides is 2. The molecule has 0 spiro atoms. The van der Waals surface area contributed by atoms with E-state index >= 15 is 0 Å². The average molecular weight is 411 g/mol. The van der Waals surface area contributed by atoms with E-state index in [1.807, 2.05) is 20.8 Å². The van der Waals surface area contributed by atoms with Crippen LogP contribution in [-0.4, -0.2) is 31.6 Å². The topological polar surface area (TPSA) is 110 Å². The summed E-state index contributed by atoms with van der Waals surface area (Å²) in [6.07, 6.45) is -0.281. The number of hydrogen-bond acceptors (Lipinski definition) is 6. The molecule has 158 valence electrons. The Bertz CT molecular complexity index is 910. The number of ether oxygens (including phenoxy) is 3. The number of anilines is 2. The first-order valence-electron chi connectivity index (χ1n) is 9.67. The van der Waals surface area contributed by atoms with Crippen LogP contribution in [0.2, 0.25) is 0 Å². The van der Waals surface area contributed by atoms with Crippen molar-refractivity contribution in [1.29, 1.82) is 5.26 Å². The van der Waals surface area contributed by atoms with Gasteiger partial charge in [-0.2, -0.15) is 5.26 Å². The Morgan fingerprint density at radius 3 is 1.93 bits per heavy atom. The van der Waals surface area contributed by atoms with Crippen LogP contribution in [-0.2, 0) is 4.79 Å². The second kappa shape index (κ2) is 11.3. The molecule has 0 saturated carbocycles. The number of carbonyl (C=O) groups excluding carboxylic acids is 2. The maximum Gasteiger partial charge on any atom is 0.255 e. The third-order valence-electron chi connectivity index (χ3n) is 3.86. The molecule has 2 amide bonds. The number of para-hydroxylation sites is 2. The summed E-state index contributed by atoms with van der Waals surface area (Å²) in [6, 6.07) is 11.7. The van der Waals surface area contributed by atoms with Crippen molar-refractivity contribution in [2.24, 2.45) is 0 Å². The van der Waals surface area contributed by atoms with Gasteiger partial charge >= 0.3 is 0 Å². The van der Waals surface area contributed by atoms with Gasteiger partial charge in [0.25, 0.3) is 5.91 Å². The molecule has 0 atom stereocenters. The standard InChI is InChI=1S/C22H25N3O5/c1-4-28-18-13-15(14-19(29-5-2)21(18)30-6-3)22(27)25-17-10-8-7-9-16(17)24-20(26)11-12-23/h7-10,13-14H,4-6,11H2,1-3H3,(H,24,26)(H,25,27). The third kappa shape index (κ3) is 5.88. The number of carbonyl (C=O) groups is 2. The lowest BCUT2D eigenvalue weighted by Gasteiger charge is -2.17. The molecule has 2 rings (SSSR count). The maximum absolute atomic E-state index is 12.9. The molecule has 0 aromatic heterocycles. The lowest BCUT2D eigenvalue weighted by molar-refractivity contribution is -0.115. The fourth-order valence-electron chi connectivity index (χ4n) is 2.68. The van der Waals surface area contributed by atoms with Crippen LogP contribution in [0.15, 0.2) is 36.4 Å². The minimum atomic E-state index is -0.461. The van der Waals surface area contributed by atoms with E-state index in [-0.39, 0.29) is 6.42 Å². The SMILES string of the molecule is CCOc1cc(C(=O)Nc2ccccc2NC(=O)CC#N)cc(OCC)c1OCC. The number of nitrogens with one attached hydrogen (secondary N) is 2. The summed E-state index contributed by atoms with van der Waals surface area (Å²) in [5, 5.41) is 14.1. The second-order valence-electron chi connectivity index (χ2n) is 5.98. The number of nitrogens with zero attached hydrogens (tertiary/aromatic N) is 1. The first-order chi connectivity index (χ1) is 14.5. The molecule has 2 N–H and O–H groups in total. The highest BCUT2D eigenvalue weighted by molar-refractivity contribution is 6.08. The monoisotopic (exact) mass is 411 g/mol. The zero-order valence-corrected chi connectivity index (χ0v) is 17.3. The van der Waals surface area contributed by atoms with Gasteiger partial charge in [-0.05, 0) is 45.0 Å². The fraction of sp³-hybridized carbons (Fsp3) is 0.318. The molecule has 0 aliphatic rings. The van der Waals surface area contributed by atoms with Crippen LogP contribution < -0.4 is 24.8 Å². The van der Waals surface area contributed by atoms with Crippen LogP contribution in [0.4, 0.5) is 11.4 Å². The van der Waals surface area contributed by atoms with Crippen LogP contribution >= 0.6 is 0 Å². The normalized spacial score (nSPS) is 9.93. The molecule has 0 unspecified atom stereocenters. The van der Waals surface area contributed by atoms with E-state index < -0.39 is 11.8 Å². The van der Waals surface area contributed by atoms with Crippen molar-refractivity contribution >= 4 is 23.2 Å². The molecule has 0 fully saturated rings. The molecular weight excluding hydrogens is 386 g/mol. The van der Waals surface area contributed by atoms with Gasteiger partial charge in [0.1, 0.15) is 6.42 Å². The Morgan fingerprint density at radius 1 is 0.900 bits per heavy atom. The van der Waals surface area contributed by atoms with Crippen LogP contribution in [0.5, 0.6) is 17.2 Å². The van der Waals surface area contributed by atoms with Gasteiger partial charge in [-0.1, -0.05) is 12.1 Å². The van der Waals surface area contributed by atoms with E-state index in [1.54, 1.807) is 42.5 Å². The molecular formula is C22H25N3O5. The molecule has 0 bridgehead atoms. The highest BCUT2D eigenvalue weighted by Crippen LogP contribution is 2.39. The lowest BCUT2D eigenvalue weighted by Crippen LogP contribution is -2.16. The van der Waals surface area contributed by atoms with Crippen molar-refractivity contribution in [1.82, 2.24) is 0 Å². The van der Waals surface area contributed by atoms with Crippen LogP contribution in [0.25, 0.3) is 0 Å². The average Bonchev–Trinajstić information content (AvgIpc) is 2.72. The zero-order valence-electron chi connectivity index (χ0n) is 17.3. The van der Waals surface area contributed by atoms with Gasteiger partial charge in [0.15, 0.2) is 11.5 Å². The van der Waals surface area contributed by atoms with Crippen LogP contribution in [0.1, 0.15) is 37.6 Å². The van der Waals surface area contributed by atoms with Gasteiger partial charge in [-0.25, -0.2) is 0 Å². The van der Waals surface area contributed by atoms with Gasteiger partial charge in [-0.15, -0.1) is 0 Å². The van der Waals surface area contributed by atoms with Crippen molar-refractivity contribution < 1.29 is 23.8 Å². The summed E-state index contributed by atoms with van der Waals surface area (Å²) >= 11 is 0. The molecule has 0 aliphatic heterocycles. The second-order valence-corrected chi connectivity index (χ2v) is 5.98. The van der Waals surface area contributed by atoms with Crippen molar-refractivity contribution in [2.45, 2.75) is 27.2 Å². The van der Waals surface area contributed by atoms with Gasteiger partial charge in [-0.3, -0.25) is 9.59 Å². The summed E-state index contributed by atoms with van der Waals surface area (Å²) in [5.41, 5.74) is 1.11. The van der Waals surface area contributed by atoms with E-state index in [0.717, 1.165) is 0 Å². The van der Waals surface area contributed by atoms with E-state index in [2.05, 4.69) is 10.6 Å². The van der Waals surface area contributed by atoms with Gasteiger partial charge in [0.2, 0.25) is 11.7 Å². The predicted molar refractivity (Wildman–Crippen MR) is 113 cm³/mol. The molecule has 0 radical (unpaired) electrons. The maximum atomic E-state index is 12.9. The Balaban J connectivity index is 2.35. The highest BCUT2D eigenvalue weighted by atomic mass is 16.5. The van der Waals surface area contributed by atoms with Gasteiger partial charge < -0.3 is 24.8 Å². The summed E-state index contributed by atoms with van der Waals surface area (Å²) in [4.78, 5) is 24.7. The first kappa shape index (κ1) is 22.6. The molecule has 2 aromatic rings. The Morgan fingerprint density at radius 2 is 1.43 bits per heavy atom. The zero-order chi connectivity index (χ0) is 21.9. The van der Waals surface area contributed by atoms with Crippen molar-refractivity contribution in [3.8, 4) is 23.3 Å². The molecule has 8 heteroatoms. The van der Waals surface area contributed by atoms with Crippen molar-refractivity contribution in [2.75, 3.05) is 30.5 Å². The molecule has 0 heterocycles. The van der Waals surface area contributed by atoms with Crippen LogP contribution in [0, 0.1) is 11.3 Å². The smallest absolute Gasteiger partial charge is 0.255 e. The van der Waals surface area contributed by atoms with E-state index in [4.69, 9.17) is 19.5 Å². The molecule has 30 heavy (non-hydrogen) atoms. The lowest BCUT2D eigenvalue weighted by atomic mass is 10.1. The van der Waals surface area contributed by atoms with Crippen LogP contribution in [0.3, 0.4) is 0 Å². The Hall–Kier alpha value is -3.73. The highest BCUT2D eigenvalue weighted by Gasteiger charge is 2.19. The summed E-state index contributed by atoms with van der Waals surface area (Å²) < 4.78 is 17.0. The minimum absolute atomic E-state index is 0.281. The fourth-order valence-corrected chi connectivity index (χ4v) is 2.68. The van der Waals surface area contributed by atoms with E-state index in [9.17, 15) is 9.59 Å². The van der Waals surface area contributed by atoms with Gasteiger partial charge in [0, 0.05) is 5.56 Å². The minimum Gasteiger partial charge on any atom is -0.490 e. The summed E-state index contributed by atoms with van der Waals surface area (Å²) in [5.74, 6) is 0.388.